The number of rotatable bonds is 1. The fraction of sp³-hybridized carbons (Fsp3) is 0.600. The summed E-state index contributed by atoms with van der Waals surface area (Å²) >= 11 is 0. The van der Waals surface area contributed by atoms with Gasteiger partial charge in [-0.3, -0.25) is 4.90 Å². The minimum atomic E-state index is -0.605. The number of aryl methyl sites for hydroxylation is 2. The Bertz CT molecular complexity index is 433. The van der Waals surface area contributed by atoms with E-state index in [4.69, 9.17) is 5.73 Å². The molecule has 2 nitrogen and oxygen atoms in total. The second-order valence-electron chi connectivity index (χ2n) is 5.64. The van der Waals surface area contributed by atoms with E-state index in [-0.39, 0.29) is 0 Å². The van der Waals surface area contributed by atoms with E-state index in [0.717, 1.165) is 44.3 Å². The Balaban J connectivity index is 1.71. The molecular weight excluding hydrogens is 227 g/mol. The first kappa shape index (κ1) is 12.0. The van der Waals surface area contributed by atoms with Gasteiger partial charge in [-0.15, -0.1) is 0 Å². The molecule has 3 heteroatoms. The number of hydrogen-bond acceptors (Lipinski definition) is 2. The number of nitrogens with zero attached hydrogens (tertiary/aromatic N) is 1. The molecule has 2 N–H and O–H groups in total. The smallest absolute Gasteiger partial charge is 0.114 e. The largest absolute Gasteiger partial charge is 0.399 e. The Hall–Kier alpha value is -1.09. The molecule has 0 amide bonds. The van der Waals surface area contributed by atoms with Gasteiger partial charge in [0.1, 0.15) is 6.17 Å². The van der Waals surface area contributed by atoms with Crippen LogP contribution in [0, 0.1) is 0 Å². The van der Waals surface area contributed by atoms with E-state index in [1.54, 1.807) is 0 Å². The minimum absolute atomic E-state index is 0.555. The maximum absolute atomic E-state index is 13.3. The Morgan fingerprint density at radius 1 is 1.11 bits per heavy atom. The first-order chi connectivity index (χ1) is 8.72. The standard InChI is InChI=1S/C15H21FN2/c16-13-7-8-18(10-13)15-5-2-11-1-4-14(17)9-12(11)3-6-15/h1,4,9,13,15H,2-3,5-8,10,17H2/t13-,15-/m1/s1. The van der Waals surface area contributed by atoms with Crippen LogP contribution < -0.4 is 5.73 Å². The van der Waals surface area contributed by atoms with Crippen LogP contribution >= 0.6 is 0 Å². The van der Waals surface area contributed by atoms with E-state index in [0.29, 0.717) is 12.6 Å². The van der Waals surface area contributed by atoms with Crippen LogP contribution in [0.2, 0.25) is 0 Å². The SMILES string of the molecule is Nc1ccc2c(c1)CC[C@H](N1CC[C@@H](F)C1)CC2. The van der Waals surface area contributed by atoms with Gasteiger partial charge in [-0.2, -0.15) is 0 Å². The van der Waals surface area contributed by atoms with E-state index in [9.17, 15) is 4.39 Å². The molecule has 1 aliphatic carbocycles. The highest BCUT2D eigenvalue weighted by molar-refractivity contribution is 5.45. The summed E-state index contributed by atoms with van der Waals surface area (Å²) in [6.07, 6.45) is 4.60. The van der Waals surface area contributed by atoms with Crippen molar-refractivity contribution >= 4 is 5.69 Å². The number of alkyl halides is 1. The summed E-state index contributed by atoms with van der Waals surface area (Å²) < 4.78 is 13.3. The fourth-order valence-electron chi connectivity index (χ4n) is 3.35. The topological polar surface area (TPSA) is 29.3 Å². The Morgan fingerprint density at radius 3 is 2.61 bits per heavy atom. The number of nitrogens with two attached hydrogens (primary N) is 1. The number of benzene rings is 1. The molecule has 0 bridgehead atoms. The molecule has 3 rings (SSSR count). The molecule has 1 heterocycles. The molecule has 1 aromatic rings. The maximum atomic E-state index is 13.3. The molecule has 1 aliphatic heterocycles. The molecule has 98 valence electrons. The quantitative estimate of drug-likeness (QED) is 0.611. The normalized spacial score (nSPS) is 28.9. The van der Waals surface area contributed by atoms with Gasteiger partial charge in [0.15, 0.2) is 0 Å². The van der Waals surface area contributed by atoms with Crippen LogP contribution in [0.3, 0.4) is 0 Å². The van der Waals surface area contributed by atoms with E-state index < -0.39 is 6.17 Å². The molecule has 1 saturated heterocycles. The molecule has 0 saturated carbocycles. The van der Waals surface area contributed by atoms with Crippen molar-refractivity contribution < 1.29 is 4.39 Å². The molecule has 2 aliphatic rings. The predicted molar refractivity (Wildman–Crippen MR) is 72.4 cm³/mol. The van der Waals surface area contributed by atoms with Crippen molar-refractivity contribution in [1.82, 2.24) is 4.90 Å². The lowest BCUT2D eigenvalue weighted by Gasteiger charge is -2.25. The number of anilines is 1. The number of fused-ring (bicyclic) bond motifs is 1. The van der Waals surface area contributed by atoms with E-state index in [1.165, 1.54) is 11.1 Å². The van der Waals surface area contributed by atoms with E-state index in [1.807, 2.05) is 6.07 Å². The Kier molecular flexibility index (Phi) is 3.25. The summed E-state index contributed by atoms with van der Waals surface area (Å²) in [5.74, 6) is 0. The van der Waals surface area contributed by atoms with E-state index in [2.05, 4.69) is 17.0 Å². The summed E-state index contributed by atoms with van der Waals surface area (Å²) in [4.78, 5) is 2.35. The Morgan fingerprint density at radius 2 is 1.89 bits per heavy atom. The maximum Gasteiger partial charge on any atom is 0.114 e. The van der Waals surface area contributed by atoms with Crippen LogP contribution in [-0.4, -0.2) is 30.2 Å². The van der Waals surface area contributed by atoms with Gasteiger partial charge >= 0.3 is 0 Å². The summed E-state index contributed by atoms with van der Waals surface area (Å²) in [6, 6.07) is 6.82. The predicted octanol–water partition coefficient (Wildman–Crippen LogP) is 2.56. The van der Waals surface area contributed by atoms with Gasteiger partial charge in [0.05, 0.1) is 0 Å². The zero-order valence-electron chi connectivity index (χ0n) is 10.7. The number of hydrogen-bond donors (Lipinski definition) is 1. The van der Waals surface area contributed by atoms with Crippen LogP contribution in [0.15, 0.2) is 18.2 Å². The lowest BCUT2D eigenvalue weighted by atomic mass is 10.0. The van der Waals surface area contributed by atoms with Crippen molar-refractivity contribution in [3.05, 3.63) is 29.3 Å². The van der Waals surface area contributed by atoms with Crippen LogP contribution in [0.25, 0.3) is 0 Å². The molecule has 2 atom stereocenters. The highest BCUT2D eigenvalue weighted by atomic mass is 19.1. The molecule has 1 fully saturated rings. The number of likely N-dealkylation sites (tertiary alicyclic amines) is 1. The first-order valence-electron chi connectivity index (χ1n) is 6.98. The van der Waals surface area contributed by atoms with Gasteiger partial charge in [-0.05, 0) is 55.4 Å². The molecule has 0 radical (unpaired) electrons. The second-order valence-corrected chi connectivity index (χ2v) is 5.64. The monoisotopic (exact) mass is 248 g/mol. The van der Waals surface area contributed by atoms with Crippen LogP contribution in [-0.2, 0) is 12.8 Å². The number of halogens is 1. The lowest BCUT2D eigenvalue weighted by molar-refractivity contribution is 0.204. The fourth-order valence-corrected chi connectivity index (χ4v) is 3.35. The molecule has 1 aromatic carbocycles. The van der Waals surface area contributed by atoms with Crippen molar-refractivity contribution in [2.24, 2.45) is 0 Å². The molecule has 0 unspecified atom stereocenters. The average Bonchev–Trinajstić information content (AvgIpc) is 2.67. The number of nitrogen functional groups attached to an aromatic ring is 1. The lowest BCUT2D eigenvalue weighted by Crippen LogP contribution is -2.33. The van der Waals surface area contributed by atoms with Crippen LogP contribution in [0.5, 0.6) is 0 Å². The minimum Gasteiger partial charge on any atom is -0.399 e. The van der Waals surface area contributed by atoms with Gasteiger partial charge in [-0.1, -0.05) is 6.07 Å². The first-order valence-corrected chi connectivity index (χ1v) is 6.98. The van der Waals surface area contributed by atoms with Crippen LogP contribution in [0.4, 0.5) is 10.1 Å². The summed E-state index contributed by atoms with van der Waals surface area (Å²) in [5, 5.41) is 0. The molecule has 18 heavy (non-hydrogen) atoms. The van der Waals surface area contributed by atoms with Crippen molar-refractivity contribution in [2.75, 3.05) is 18.8 Å². The third-order valence-electron chi connectivity index (χ3n) is 4.40. The van der Waals surface area contributed by atoms with Crippen molar-refractivity contribution in [3.63, 3.8) is 0 Å². The van der Waals surface area contributed by atoms with Gasteiger partial charge in [-0.25, -0.2) is 4.39 Å². The molecule has 0 spiro atoms. The van der Waals surface area contributed by atoms with Gasteiger partial charge in [0.25, 0.3) is 0 Å². The van der Waals surface area contributed by atoms with Crippen LogP contribution in [0.1, 0.15) is 30.4 Å². The second kappa shape index (κ2) is 4.88. The highest BCUT2D eigenvalue weighted by Gasteiger charge is 2.29. The van der Waals surface area contributed by atoms with Gasteiger partial charge in [0.2, 0.25) is 0 Å². The molecular formula is C15H21FN2. The summed E-state index contributed by atoms with van der Waals surface area (Å²) in [6.45, 7) is 1.58. The molecule has 0 aromatic heterocycles. The zero-order chi connectivity index (χ0) is 12.5. The average molecular weight is 248 g/mol. The van der Waals surface area contributed by atoms with E-state index >= 15 is 0 Å². The van der Waals surface area contributed by atoms with Crippen molar-refractivity contribution in [2.45, 2.75) is 44.3 Å². The summed E-state index contributed by atoms with van der Waals surface area (Å²) in [5.41, 5.74) is 9.54. The Labute approximate surface area is 108 Å². The highest BCUT2D eigenvalue weighted by Crippen LogP contribution is 2.27. The third-order valence-corrected chi connectivity index (χ3v) is 4.40. The van der Waals surface area contributed by atoms with Gasteiger partial charge in [0, 0.05) is 24.8 Å². The third kappa shape index (κ3) is 2.37. The van der Waals surface area contributed by atoms with Crippen molar-refractivity contribution in [3.8, 4) is 0 Å². The zero-order valence-corrected chi connectivity index (χ0v) is 10.7. The van der Waals surface area contributed by atoms with Crippen molar-refractivity contribution in [1.29, 1.82) is 0 Å². The van der Waals surface area contributed by atoms with Gasteiger partial charge < -0.3 is 5.73 Å². The summed E-state index contributed by atoms with van der Waals surface area (Å²) in [7, 11) is 0.